The number of ether oxygens (including phenoxy) is 1. The zero-order chi connectivity index (χ0) is 13.8. The van der Waals surface area contributed by atoms with E-state index in [2.05, 4.69) is 19.4 Å². The number of carbonyl (C=O) groups excluding carboxylic acids is 1. The van der Waals surface area contributed by atoms with E-state index < -0.39 is 21.7 Å². The van der Waals surface area contributed by atoms with Gasteiger partial charge in [0.25, 0.3) is 0 Å². The molecule has 0 aliphatic rings. The Bertz CT molecular complexity index is 526. The van der Waals surface area contributed by atoms with Crippen LogP contribution in [0.5, 0.6) is 0 Å². The maximum Gasteiger partial charge on any atom is 0.306 e. The van der Waals surface area contributed by atoms with Gasteiger partial charge in [0.2, 0.25) is 16.0 Å². The van der Waals surface area contributed by atoms with Gasteiger partial charge >= 0.3 is 5.97 Å². The second-order valence-electron chi connectivity index (χ2n) is 3.40. The number of halogens is 1. The summed E-state index contributed by atoms with van der Waals surface area (Å²) >= 11 is 5.67. The van der Waals surface area contributed by atoms with Crippen LogP contribution in [0.3, 0.4) is 0 Å². The molecule has 0 amide bonds. The second kappa shape index (κ2) is 5.96. The van der Waals surface area contributed by atoms with Gasteiger partial charge in [-0.2, -0.15) is 0 Å². The number of nitrogens with zero attached hydrogens (tertiary/aromatic N) is 2. The van der Waals surface area contributed by atoms with Crippen molar-refractivity contribution in [1.82, 2.24) is 9.97 Å². The third-order valence-electron chi connectivity index (χ3n) is 1.87. The molecule has 1 rings (SSSR count). The van der Waals surface area contributed by atoms with Gasteiger partial charge in [-0.05, 0) is 13.0 Å². The summed E-state index contributed by atoms with van der Waals surface area (Å²) in [6, 6.07) is 1.49. The monoisotopic (exact) mass is 293 g/mol. The van der Waals surface area contributed by atoms with E-state index in [0.717, 1.165) is 0 Å². The number of sulfonamides is 1. The van der Waals surface area contributed by atoms with E-state index in [9.17, 15) is 13.2 Å². The third-order valence-corrected chi connectivity index (χ3v) is 3.30. The first-order valence-corrected chi connectivity index (χ1v) is 6.94. The van der Waals surface area contributed by atoms with Crippen LogP contribution in [0, 0.1) is 6.92 Å². The van der Waals surface area contributed by atoms with Crippen LogP contribution in [0.4, 0.5) is 5.95 Å². The lowest BCUT2D eigenvalue weighted by molar-refractivity contribution is -0.140. The average Bonchev–Trinajstić information content (AvgIpc) is 2.23. The SMILES string of the molecule is COC(=O)CCS(=O)(=O)Nc1nc(C)cc(Cl)n1. The lowest BCUT2D eigenvalue weighted by atomic mass is 10.5. The Morgan fingerprint density at radius 3 is 2.72 bits per heavy atom. The lowest BCUT2D eigenvalue weighted by Crippen LogP contribution is -2.21. The summed E-state index contributed by atoms with van der Waals surface area (Å²) in [7, 11) is -2.52. The fourth-order valence-corrected chi connectivity index (χ4v) is 2.23. The molecule has 0 aromatic carbocycles. The van der Waals surface area contributed by atoms with Crippen molar-refractivity contribution in [3.8, 4) is 0 Å². The number of nitrogens with one attached hydrogen (secondary N) is 1. The number of methoxy groups -OCH3 is 1. The van der Waals surface area contributed by atoms with Gasteiger partial charge in [-0.1, -0.05) is 11.6 Å². The van der Waals surface area contributed by atoms with Crippen LogP contribution in [0.25, 0.3) is 0 Å². The second-order valence-corrected chi connectivity index (χ2v) is 5.63. The van der Waals surface area contributed by atoms with Crippen LogP contribution in [0.15, 0.2) is 6.07 Å². The van der Waals surface area contributed by atoms with E-state index >= 15 is 0 Å². The van der Waals surface area contributed by atoms with Crippen molar-refractivity contribution in [3.05, 3.63) is 16.9 Å². The Morgan fingerprint density at radius 1 is 1.50 bits per heavy atom. The van der Waals surface area contributed by atoms with Gasteiger partial charge in [0.1, 0.15) is 5.15 Å². The molecule has 1 heterocycles. The average molecular weight is 294 g/mol. The molecule has 0 radical (unpaired) electrons. The highest BCUT2D eigenvalue weighted by Crippen LogP contribution is 2.11. The predicted molar refractivity (Wildman–Crippen MR) is 65.8 cm³/mol. The first-order chi connectivity index (χ1) is 8.32. The summed E-state index contributed by atoms with van der Waals surface area (Å²) in [4.78, 5) is 18.4. The van der Waals surface area contributed by atoms with Crippen molar-refractivity contribution in [2.24, 2.45) is 0 Å². The van der Waals surface area contributed by atoms with Crippen LogP contribution < -0.4 is 4.72 Å². The molecule has 1 aromatic heterocycles. The highest BCUT2D eigenvalue weighted by atomic mass is 35.5. The Kier molecular flexibility index (Phi) is 4.85. The summed E-state index contributed by atoms with van der Waals surface area (Å²) in [5, 5.41) is 0.133. The van der Waals surface area contributed by atoms with Crippen LogP contribution in [0.1, 0.15) is 12.1 Å². The fourth-order valence-electron chi connectivity index (χ4n) is 1.09. The molecule has 100 valence electrons. The zero-order valence-electron chi connectivity index (χ0n) is 9.81. The van der Waals surface area contributed by atoms with Crippen molar-refractivity contribution in [3.63, 3.8) is 0 Å². The van der Waals surface area contributed by atoms with Crippen molar-refractivity contribution in [2.45, 2.75) is 13.3 Å². The molecule has 0 bridgehead atoms. The van der Waals surface area contributed by atoms with Crippen LogP contribution in [-0.4, -0.2) is 37.2 Å². The Labute approximate surface area is 110 Å². The largest absolute Gasteiger partial charge is 0.469 e. The van der Waals surface area contributed by atoms with Crippen molar-refractivity contribution in [1.29, 1.82) is 0 Å². The molecule has 0 fully saturated rings. The van der Waals surface area contributed by atoms with E-state index in [4.69, 9.17) is 11.6 Å². The number of carbonyl (C=O) groups is 1. The van der Waals surface area contributed by atoms with E-state index in [1.54, 1.807) is 6.92 Å². The molecule has 1 N–H and O–H groups in total. The van der Waals surface area contributed by atoms with Gasteiger partial charge < -0.3 is 4.74 Å². The molecule has 0 aliphatic heterocycles. The maximum atomic E-state index is 11.6. The van der Waals surface area contributed by atoms with Gasteiger partial charge in [0, 0.05) is 5.69 Å². The third kappa shape index (κ3) is 4.84. The van der Waals surface area contributed by atoms with Crippen LogP contribution >= 0.6 is 11.6 Å². The summed E-state index contributed by atoms with van der Waals surface area (Å²) in [5.74, 6) is -1.14. The Hall–Kier alpha value is -1.41. The minimum absolute atomic E-state index is 0.120. The summed E-state index contributed by atoms with van der Waals surface area (Å²) in [6.07, 6.45) is -0.245. The van der Waals surface area contributed by atoms with Gasteiger partial charge in [-0.25, -0.2) is 18.4 Å². The number of anilines is 1. The molecule has 0 atom stereocenters. The standard InChI is InChI=1S/C9H12ClN3O4S/c1-6-5-7(10)12-9(11-6)13-18(15,16)4-3-8(14)17-2/h5H,3-4H2,1-2H3,(H,11,12,13). The van der Waals surface area contributed by atoms with Gasteiger partial charge in [0.15, 0.2) is 0 Å². The normalized spacial score (nSPS) is 11.1. The topological polar surface area (TPSA) is 98.2 Å². The van der Waals surface area contributed by atoms with Crippen molar-refractivity contribution < 1.29 is 17.9 Å². The number of hydrogen-bond donors (Lipinski definition) is 1. The lowest BCUT2D eigenvalue weighted by Gasteiger charge is -2.06. The molecule has 0 saturated carbocycles. The quantitative estimate of drug-likeness (QED) is 0.635. The highest BCUT2D eigenvalue weighted by Gasteiger charge is 2.15. The number of hydrogen-bond acceptors (Lipinski definition) is 6. The molecule has 0 aliphatic carbocycles. The van der Waals surface area contributed by atoms with Gasteiger partial charge in [0.05, 0.1) is 19.3 Å². The molecule has 7 nitrogen and oxygen atoms in total. The fraction of sp³-hybridized carbons (Fsp3) is 0.444. The summed E-state index contributed by atoms with van der Waals surface area (Å²) in [5.41, 5.74) is 0.528. The van der Waals surface area contributed by atoms with Gasteiger partial charge in [-0.3, -0.25) is 9.52 Å². The Balaban J connectivity index is 2.73. The maximum absolute atomic E-state index is 11.6. The number of esters is 1. The minimum atomic E-state index is -3.71. The molecule has 9 heteroatoms. The highest BCUT2D eigenvalue weighted by molar-refractivity contribution is 7.92. The number of rotatable bonds is 5. The van der Waals surface area contributed by atoms with E-state index in [1.807, 2.05) is 0 Å². The first-order valence-electron chi connectivity index (χ1n) is 4.91. The van der Waals surface area contributed by atoms with E-state index in [1.165, 1.54) is 13.2 Å². The molecule has 18 heavy (non-hydrogen) atoms. The molecule has 0 spiro atoms. The molecular formula is C9H12ClN3O4S. The molecule has 0 unspecified atom stereocenters. The van der Waals surface area contributed by atoms with E-state index in [-0.39, 0.29) is 17.5 Å². The predicted octanol–water partition coefficient (Wildman–Crippen LogP) is 0.743. The number of aryl methyl sites for hydroxylation is 1. The first kappa shape index (κ1) is 14.7. The Morgan fingerprint density at radius 2 is 2.17 bits per heavy atom. The van der Waals surface area contributed by atoms with E-state index in [0.29, 0.717) is 5.69 Å². The van der Waals surface area contributed by atoms with Crippen LogP contribution in [0.2, 0.25) is 5.15 Å². The molecular weight excluding hydrogens is 282 g/mol. The summed E-state index contributed by atoms with van der Waals surface area (Å²) < 4.78 is 29.7. The smallest absolute Gasteiger partial charge is 0.306 e. The van der Waals surface area contributed by atoms with Crippen molar-refractivity contribution in [2.75, 3.05) is 17.6 Å². The minimum Gasteiger partial charge on any atom is -0.469 e. The summed E-state index contributed by atoms with van der Waals surface area (Å²) in [6.45, 7) is 1.65. The molecule has 0 saturated heterocycles. The van der Waals surface area contributed by atoms with Gasteiger partial charge in [-0.15, -0.1) is 0 Å². The van der Waals surface area contributed by atoms with Crippen molar-refractivity contribution >= 4 is 33.5 Å². The number of aromatic nitrogens is 2. The zero-order valence-corrected chi connectivity index (χ0v) is 11.4. The van der Waals surface area contributed by atoms with Crippen LogP contribution in [-0.2, 0) is 19.6 Å². The molecule has 1 aromatic rings.